The van der Waals surface area contributed by atoms with Gasteiger partial charge in [-0.25, -0.2) is 0 Å². The lowest BCUT2D eigenvalue weighted by Crippen LogP contribution is -2.58. The van der Waals surface area contributed by atoms with Gasteiger partial charge in [-0.2, -0.15) is 0 Å². The summed E-state index contributed by atoms with van der Waals surface area (Å²) in [5.41, 5.74) is 0. The zero-order valence-electron chi connectivity index (χ0n) is 11.4. The summed E-state index contributed by atoms with van der Waals surface area (Å²) < 4.78 is 26.2. The molecule has 0 N–H and O–H groups in total. The number of esters is 3. The van der Waals surface area contributed by atoms with Crippen LogP contribution in [-0.2, 0) is 38.1 Å². The number of hydrogen-bond donors (Lipinski definition) is 0. The molecule has 2 heterocycles. The zero-order valence-corrected chi connectivity index (χ0v) is 11.4. The fraction of sp³-hybridized carbons (Fsp3) is 0.750. The average molecular weight is 288 g/mol. The zero-order chi connectivity index (χ0) is 14.9. The Morgan fingerprint density at radius 3 is 1.90 bits per heavy atom. The third-order valence-corrected chi connectivity index (χ3v) is 2.92. The summed E-state index contributed by atoms with van der Waals surface area (Å²) in [6, 6.07) is 0. The molecule has 2 aliphatic rings. The molecule has 2 aliphatic heterocycles. The molecule has 0 aliphatic carbocycles. The largest absolute Gasteiger partial charge is 0.456 e. The van der Waals surface area contributed by atoms with E-state index in [1.165, 1.54) is 20.8 Å². The van der Waals surface area contributed by atoms with Crippen LogP contribution in [0.2, 0.25) is 0 Å². The molecule has 0 amide bonds. The molecule has 8 nitrogen and oxygen atoms in total. The number of ether oxygens (including phenoxy) is 5. The Morgan fingerprint density at radius 1 is 0.850 bits per heavy atom. The van der Waals surface area contributed by atoms with Crippen LogP contribution in [-0.4, -0.2) is 55.2 Å². The van der Waals surface area contributed by atoms with Gasteiger partial charge >= 0.3 is 17.9 Å². The van der Waals surface area contributed by atoms with E-state index < -0.39 is 48.6 Å². The molecule has 112 valence electrons. The number of rotatable bonds is 3. The first-order valence-corrected chi connectivity index (χ1v) is 6.17. The van der Waals surface area contributed by atoms with Crippen molar-refractivity contribution < 1.29 is 38.1 Å². The van der Waals surface area contributed by atoms with E-state index in [1.807, 2.05) is 0 Å². The Balaban J connectivity index is 2.24. The maximum Gasteiger partial charge on any atom is 0.303 e. The van der Waals surface area contributed by atoms with E-state index in [0.29, 0.717) is 0 Å². The molecule has 0 aromatic carbocycles. The molecule has 2 rings (SSSR count). The summed E-state index contributed by atoms with van der Waals surface area (Å²) in [7, 11) is 0. The molecule has 5 atom stereocenters. The molecule has 0 unspecified atom stereocenters. The number of carbonyl (C=O) groups excluding carboxylic acids is 3. The van der Waals surface area contributed by atoms with Crippen molar-refractivity contribution >= 4 is 17.9 Å². The van der Waals surface area contributed by atoms with Gasteiger partial charge in [-0.1, -0.05) is 0 Å². The van der Waals surface area contributed by atoms with Gasteiger partial charge in [0.25, 0.3) is 0 Å². The van der Waals surface area contributed by atoms with Crippen LogP contribution in [0.3, 0.4) is 0 Å². The van der Waals surface area contributed by atoms with E-state index in [-0.39, 0.29) is 6.61 Å². The van der Waals surface area contributed by atoms with Crippen LogP contribution in [0, 0.1) is 0 Å². The predicted molar refractivity (Wildman–Crippen MR) is 61.3 cm³/mol. The molecule has 0 aromatic heterocycles. The Kier molecular flexibility index (Phi) is 4.24. The van der Waals surface area contributed by atoms with Crippen molar-refractivity contribution in [2.24, 2.45) is 0 Å². The topological polar surface area (TPSA) is 97.4 Å². The predicted octanol–water partition coefficient (Wildman–Crippen LogP) is -0.463. The van der Waals surface area contributed by atoms with E-state index >= 15 is 0 Å². The Hall–Kier alpha value is -1.67. The smallest absolute Gasteiger partial charge is 0.303 e. The number of fused-ring (bicyclic) bond motifs is 2. The lowest BCUT2D eigenvalue weighted by molar-refractivity contribution is -0.250. The highest BCUT2D eigenvalue weighted by molar-refractivity contribution is 5.68. The number of hydrogen-bond acceptors (Lipinski definition) is 8. The van der Waals surface area contributed by atoms with Crippen LogP contribution < -0.4 is 0 Å². The van der Waals surface area contributed by atoms with Crippen LogP contribution in [0.25, 0.3) is 0 Å². The summed E-state index contributed by atoms with van der Waals surface area (Å²) >= 11 is 0. The fourth-order valence-electron chi connectivity index (χ4n) is 2.31. The van der Waals surface area contributed by atoms with Crippen LogP contribution in [0.15, 0.2) is 0 Å². The van der Waals surface area contributed by atoms with Gasteiger partial charge in [0.1, 0.15) is 6.10 Å². The van der Waals surface area contributed by atoms with Gasteiger partial charge in [0.15, 0.2) is 24.6 Å². The summed E-state index contributed by atoms with van der Waals surface area (Å²) in [6.45, 7) is 3.83. The van der Waals surface area contributed by atoms with Crippen molar-refractivity contribution in [1.29, 1.82) is 0 Å². The SMILES string of the molecule is CC(=O)O[C@@H]1[C@@H](OC(C)=O)[C@H]2CO[C@H](O2)[C@@H]1OC(C)=O. The van der Waals surface area contributed by atoms with Crippen molar-refractivity contribution in [1.82, 2.24) is 0 Å². The molecule has 20 heavy (non-hydrogen) atoms. The van der Waals surface area contributed by atoms with Crippen molar-refractivity contribution in [3.63, 3.8) is 0 Å². The highest BCUT2D eigenvalue weighted by Gasteiger charge is 2.55. The normalized spacial score (nSPS) is 35.2. The number of carbonyl (C=O) groups is 3. The highest BCUT2D eigenvalue weighted by atomic mass is 16.8. The molecule has 2 saturated heterocycles. The summed E-state index contributed by atoms with van der Waals surface area (Å²) in [6.07, 6.45) is -4.19. The van der Waals surface area contributed by atoms with Gasteiger partial charge in [0.05, 0.1) is 6.61 Å². The van der Waals surface area contributed by atoms with Crippen LogP contribution in [0.5, 0.6) is 0 Å². The minimum absolute atomic E-state index is 0.165. The first-order valence-electron chi connectivity index (χ1n) is 6.17. The molecular weight excluding hydrogens is 272 g/mol. The second kappa shape index (κ2) is 5.76. The Bertz CT molecular complexity index is 390. The molecule has 2 bridgehead atoms. The van der Waals surface area contributed by atoms with E-state index in [0.717, 1.165) is 0 Å². The van der Waals surface area contributed by atoms with E-state index in [4.69, 9.17) is 23.7 Å². The minimum Gasteiger partial charge on any atom is -0.456 e. The average Bonchev–Trinajstić information content (AvgIpc) is 2.74. The maximum atomic E-state index is 11.2. The third-order valence-electron chi connectivity index (χ3n) is 2.92. The summed E-state index contributed by atoms with van der Waals surface area (Å²) in [4.78, 5) is 33.6. The molecule has 0 aromatic rings. The Morgan fingerprint density at radius 2 is 1.35 bits per heavy atom. The van der Waals surface area contributed by atoms with Gasteiger partial charge in [-0.05, 0) is 0 Å². The van der Waals surface area contributed by atoms with Gasteiger partial charge in [-0.15, -0.1) is 0 Å². The highest BCUT2D eigenvalue weighted by Crippen LogP contribution is 2.33. The maximum absolute atomic E-state index is 11.2. The standard InChI is InChI=1S/C12H16O8/c1-5(13)17-9-8-4-16-12(20-8)11(19-7(3)15)10(9)18-6(2)14/h8-12H,4H2,1-3H3/t8-,9+,10-,11-,12-/m1/s1. The van der Waals surface area contributed by atoms with E-state index in [1.54, 1.807) is 0 Å². The quantitative estimate of drug-likeness (QED) is 0.508. The van der Waals surface area contributed by atoms with Crippen molar-refractivity contribution in [2.45, 2.75) is 51.5 Å². The third kappa shape index (κ3) is 3.07. The van der Waals surface area contributed by atoms with Crippen LogP contribution >= 0.6 is 0 Å². The van der Waals surface area contributed by atoms with Crippen molar-refractivity contribution in [3.8, 4) is 0 Å². The summed E-state index contributed by atoms with van der Waals surface area (Å²) in [5, 5.41) is 0. The Labute approximate surface area is 115 Å². The summed E-state index contributed by atoms with van der Waals surface area (Å²) in [5.74, 6) is -1.71. The molecule has 8 heteroatoms. The molecular formula is C12H16O8. The van der Waals surface area contributed by atoms with E-state index in [9.17, 15) is 14.4 Å². The van der Waals surface area contributed by atoms with Gasteiger partial charge < -0.3 is 23.7 Å². The lowest BCUT2D eigenvalue weighted by atomic mass is 10.00. The second-order valence-electron chi connectivity index (χ2n) is 4.60. The van der Waals surface area contributed by atoms with Gasteiger partial charge in [0, 0.05) is 20.8 Å². The minimum atomic E-state index is -0.973. The molecule has 0 spiro atoms. The monoisotopic (exact) mass is 288 g/mol. The van der Waals surface area contributed by atoms with Crippen molar-refractivity contribution in [2.75, 3.05) is 6.61 Å². The van der Waals surface area contributed by atoms with Gasteiger partial charge in [0.2, 0.25) is 0 Å². The lowest BCUT2D eigenvalue weighted by Gasteiger charge is -2.38. The fourth-order valence-corrected chi connectivity index (χ4v) is 2.31. The first kappa shape index (κ1) is 14.7. The van der Waals surface area contributed by atoms with Crippen molar-refractivity contribution in [3.05, 3.63) is 0 Å². The van der Waals surface area contributed by atoms with E-state index in [2.05, 4.69) is 0 Å². The molecule has 2 fully saturated rings. The van der Waals surface area contributed by atoms with Gasteiger partial charge in [-0.3, -0.25) is 14.4 Å². The van der Waals surface area contributed by atoms with Crippen LogP contribution in [0.4, 0.5) is 0 Å². The first-order chi connectivity index (χ1) is 9.38. The molecule has 0 saturated carbocycles. The van der Waals surface area contributed by atoms with Crippen LogP contribution in [0.1, 0.15) is 20.8 Å². The second-order valence-corrected chi connectivity index (χ2v) is 4.60. The molecule has 0 radical (unpaired) electrons.